The quantitative estimate of drug-likeness (QED) is 0.367. The van der Waals surface area contributed by atoms with Gasteiger partial charge in [0.1, 0.15) is 6.29 Å². The molecule has 0 unspecified atom stereocenters. The Morgan fingerprint density at radius 3 is 2.55 bits per heavy atom. The monoisotopic (exact) mass is 154 g/mol. The molecule has 0 atom stereocenters. The SMILES string of the molecule is O=CC=CC=CCCC(=O)O. The van der Waals surface area contributed by atoms with E-state index in [0.29, 0.717) is 12.7 Å². The molecule has 11 heavy (non-hydrogen) atoms. The first-order valence-corrected chi connectivity index (χ1v) is 3.26. The van der Waals surface area contributed by atoms with Gasteiger partial charge in [0.05, 0.1) is 0 Å². The molecule has 0 aliphatic rings. The van der Waals surface area contributed by atoms with Crippen LogP contribution in [0.15, 0.2) is 24.3 Å². The number of aliphatic carboxylic acids is 1. The van der Waals surface area contributed by atoms with Crippen LogP contribution in [-0.4, -0.2) is 17.4 Å². The second-order valence-electron chi connectivity index (χ2n) is 1.88. The maximum atomic E-state index is 9.98. The lowest BCUT2D eigenvalue weighted by Crippen LogP contribution is -1.91. The van der Waals surface area contributed by atoms with E-state index in [1.807, 2.05) is 0 Å². The van der Waals surface area contributed by atoms with E-state index >= 15 is 0 Å². The summed E-state index contributed by atoms with van der Waals surface area (Å²) in [5.41, 5.74) is 0. The average molecular weight is 154 g/mol. The highest BCUT2D eigenvalue weighted by atomic mass is 16.4. The third kappa shape index (κ3) is 8.62. The van der Waals surface area contributed by atoms with Gasteiger partial charge in [-0.1, -0.05) is 18.2 Å². The Morgan fingerprint density at radius 2 is 2.00 bits per heavy atom. The molecule has 0 spiro atoms. The number of allylic oxidation sites excluding steroid dienone is 4. The minimum atomic E-state index is -0.811. The molecular formula is C8H10O3. The summed E-state index contributed by atoms with van der Waals surface area (Å²) in [6.45, 7) is 0. The highest BCUT2D eigenvalue weighted by Gasteiger charge is 1.90. The van der Waals surface area contributed by atoms with Crippen molar-refractivity contribution in [2.45, 2.75) is 12.8 Å². The summed E-state index contributed by atoms with van der Waals surface area (Å²) < 4.78 is 0. The summed E-state index contributed by atoms with van der Waals surface area (Å²) >= 11 is 0. The predicted molar refractivity (Wildman–Crippen MR) is 41.2 cm³/mol. The number of carboxylic acid groups (broad SMARTS) is 1. The molecule has 0 saturated heterocycles. The van der Waals surface area contributed by atoms with E-state index in [1.54, 1.807) is 18.2 Å². The molecule has 0 bridgehead atoms. The third-order valence-corrected chi connectivity index (χ3v) is 0.962. The van der Waals surface area contributed by atoms with Crippen molar-refractivity contribution in [2.24, 2.45) is 0 Å². The van der Waals surface area contributed by atoms with Crippen LogP contribution in [0.2, 0.25) is 0 Å². The first-order valence-electron chi connectivity index (χ1n) is 3.26. The van der Waals surface area contributed by atoms with Crippen LogP contribution in [-0.2, 0) is 9.59 Å². The second-order valence-corrected chi connectivity index (χ2v) is 1.88. The number of hydrogen-bond donors (Lipinski definition) is 1. The lowest BCUT2D eigenvalue weighted by atomic mass is 10.3. The van der Waals surface area contributed by atoms with Crippen LogP contribution in [0, 0.1) is 0 Å². The Labute approximate surface area is 65.0 Å². The van der Waals surface area contributed by atoms with Crippen LogP contribution in [0.3, 0.4) is 0 Å². The lowest BCUT2D eigenvalue weighted by molar-refractivity contribution is -0.136. The zero-order valence-electron chi connectivity index (χ0n) is 6.06. The molecule has 0 fully saturated rings. The van der Waals surface area contributed by atoms with Crippen molar-refractivity contribution in [3.05, 3.63) is 24.3 Å². The minimum Gasteiger partial charge on any atom is -0.481 e. The minimum absolute atomic E-state index is 0.130. The van der Waals surface area contributed by atoms with Gasteiger partial charge in [-0.2, -0.15) is 0 Å². The number of carbonyl (C=O) groups is 2. The first kappa shape index (κ1) is 9.62. The van der Waals surface area contributed by atoms with E-state index in [9.17, 15) is 9.59 Å². The van der Waals surface area contributed by atoms with E-state index in [1.165, 1.54) is 6.08 Å². The van der Waals surface area contributed by atoms with Gasteiger partial charge < -0.3 is 5.11 Å². The van der Waals surface area contributed by atoms with Crippen LogP contribution in [0.4, 0.5) is 0 Å². The molecule has 3 nitrogen and oxygen atoms in total. The summed E-state index contributed by atoms with van der Waals surface area (Å²) in [5, 5.41) is 8.21. The van der Waals surface area contributed by atoms with Gasteiger partial charge in [0.2, 0.25) is 0 Å². The third-order valence-electron chi connectivity index (χ3n) is 0.962. The fraction of sp³-hybridized carbons (Fsp3) is 0.250. The summed E-state index contributed by atoms with van der Waals surface area (Å²) in [6.07, 6.45) is 7.56. The lowest BCUT2D eigenvalue weighted by Gasteiger charge is -1.84. The molecule has 3 heteroatoms. The Kier molecular flexibility index (Phi) is 5.89. The molecule has 0 heterocycles. The first-order chi connectivity index (χ1) is 5.27. The van der Waals surface area contributed by atoms with Crippen molar-refractivity contribution in [3.8, 4) is 0 Å². The van der Waals surface area contributed by atoms with Crippen molar-refractivity contribution in [2.75, 3.05) is 0 Å². The second kappa shape index (κ2) is 6.74. The van der Waals surface area contributed by atoms with E-state index < -0.39 is 5.97 Å². The van der Waals surface area contributed by atoms with Gasteiger partial charge in [-0.3, -0.25) is 9.59 Å². The van der Waals surface area contributed by atoms with Gasteiger partial charge in [0.15, 0.2) is 0 Å². The fourth-order valence-corrected chi connectivity index (χ4v) is 0.491. The van der Waals surface area contributed by atoms with Crippen LogP contribution < -0.4 is 0 Å². The van der Waals surface area contributed by atoms with Crippen LogP contribution in [0.5, 0.6) is 0 Å². The Balaban J connectivity index is 3.37. The van der Waals surface area contributed by atoms with Crippen LogP contribution >= 0.6 is 0 Å². The maximum absolute atomic E-state index is 9.98. The van der Waals surface area contributed by atoms with E-state index in [-0.39, 0.29) is 6.42 Å². The highest BCUT2D eigenvalue weighted by molar-refractivity contribution is 5.67. The van der Waals surface area contributed by atoms with Crippen molar-refractivity contribution in [1.82, 2.24) is 0 Å². The van der Waals surface area contributed by atoms with Crippen LogP contribution in [0.25, 0.3) is 0 Å². The molecule has 0 aliphatic carbocycles. The summed E-state index contributed by atoms with van der Waals surface area (Å²) in [4.78, 5) is 19.7. The summed E-state index contributed by atoms with van der Waals surface area (Å²) in [5.74, 6) is -0.811. The number of rotatable bonds is 5. The smallest absolute Gasteiger partial charge is 0.303 e. The molecule has 0 radical (unpaired) electrons. The van der Waals surface area contributed by atoms with Crippen molar-refractivity contribution in [1.29, 1.82) is 0 Å². The number of carboxylic acids is 1. The standard InChI is InChI=1S/C8H10O3/c9-7-5-3-1-2-4-6-8(10)11/h1-3,5,7H,4,6H2,(H,10,11). The largest absolute Gasteiger partial charge is 0.481 e. The molecule has 0 saturated carbocycles. The van der Waals surface area contributed by atoms with Gasteiger partial charge in [0, 0.05) is 6.42 Å². The van der Waals surface area contributed by atoms with E-state index in [4.69, 9.17) is 5.11 Å². The van der Waals surface area contributed by atoms with Gasteiger partial charge in [0.25, 0.3) is 0 Å². The Morgan fingerprint density at radius 1 is 1.27 bits per heavy atom. The van der Waals surface area contributed by atoms with E-state index in [2.05, 4.69) is 0 Å². The van der Waals surface area contributed by atoms with E-state index in [0.717, 1.165) is 0 Å². The van der Waals surface area contributed by atoms with Gasteiger partial charge in [-0.15, -0.1) is 0 Å². The molecule has 0 aromatic carbocycles. The van der Waals surface area contributed by atoms with Crippen molar-refractivity contribution in [3.63, 3.8) is 0 Å². The molecule has 0 amide bonds. The molecule has 0 aromatic rings. The van der Waals surface area contributed by atoms with Crippen molar-refractivity contribution < 1.29 is 14.7 Å². The summed E-state index contributed by atoms with van der Waals surface area (Å²) in [7, 11) is 0. The molecular weight excluding hydrogens is 144 g/mol. The average Bonchev–Trinajstić information content (AvgIpc) is 1.96. The Bertz CT molecular complexity index is 180. The van der Waals surface area contributed by atoms with Gasteiger partial charge >= 0.3 is 5.97 Å². The molecule has 60 valence electrons. The topological polar surface area (TPSA) is 54.4 Å². The maximum Gasteiger partial charge on any atom is 0.303 e. The fourth-order valence-electron chi connectivity index (χ4n) is 0.491. The molecule has 0 aliphatic heterocycles. The highest BCUT2D eigenvalue weighted by Crippen LogP contribution is 1.90. The van der Waals surface area contributed by atoms with Crippen molar-refractivity contribution >= 4 is 12.3 Å². The number of carbonyl (C=O) groups excluding carboxylic acids is 1. The normalized spacial score (nSPS) is 10.9. The molecule has 0 rings (SSSR count). The molecule has 1 N–H and O–H groups in total. The zero-order valence-corrected chi connectivity index (χ0v) is 6.06. The Hall–Kier alpha value is -1.38. The van der Waals surface area contributed by atoms with Crippen LogP contribution in [0.1, 0.15) is 12.8 Å². The number of aldehydes is 1. The zero-order chi connectivity index (χ0) is 8.53. The molecule has 0 aromatic heterocycles. The number of hydrogen-bond acceptors (Lipinski definition) is 2. The van der Waals surface area contributed by atoms with Gasteiger partial charge in [-0.05, 0) is 12.5 Å². The summed E-state index contributed by atoms with van der Waals surface area (Å²) in [6, 6.07) is 0. The van der Waals surface area contributed by atoms with Gasteiger partial charge in [-0.25, -0.2) is 0 Å². The predicted octanol–water partition coefficient (Wildman–Crippen LogP) is 1.16.